The average Bonchev–Trinajstić information content (AvgIpc) is 3.42. The predicted molar refractivity (Wildman–Crippen MR) is 110 cm³/mol. The van der Waals surface area contributed by atoms with Gasteiger partial charge in [0.05, 0.1) is 13.2 Å². The van der Waals surface area contributed by atoms with E-state index in [0.717, 1.165) is 24.8 Å². The normalized spacial score (nSPS) is 17.0. The number of piperidine rings is 1. The molecule has 0 radical (unpaired) electrons. The van der Waals surface area contributed by atoms with Gasteiger partial charge in [-0.05, 0) is 65.7 Å². The summed E-state index contributed by atoms with van der Waals surface area (Å²) in [6.45, 7) is 3.41. The fourth-order valence-electron chi connectivity index (χ4n) is 4.02. The zero-order valence-electron chi connectivity index (χ0n) is 16.3. The van der Waals surface area contributed by atoms with Gasteiger partial charge in [-0.15, -0.1) is 16.4 Å². The molecule has 0 spiro atoms. The molecule has 1 saturated heterocycles. The van der Waals surface area contributed by atoms with Gasteiger partial charge < -0.3 is 4.74 Å². The molecule has 2 aromatic heterocycles. The third-order valence-corrected chi connectivity index (χ3v) is 6.43. The largest absolute Gasteiger partial charge is 0.383 e. The molecule has 4 rings (SSSR count). The fourth-order valence-corrected chi connectivity index (χ4v) is 4.88. The van der Waals surface area contributed by atoms with E-state index in [9.17, 15) is 0 Å². The van der Waals surface area contributed by atoms with Gasteiger partial charge in [-0.1, -0.05) is 36.4 Å². The quantitative estimate of drug-likeness (QED) is 0.583. The maximum Gasteiger partial charge on any atom is 0.173 e. The molecular weight excluding hydrogens is 370 g/mol. The Morgan fingerprint density at radius 3 is 2.68 bits per heavy atom. The van der Waals surface area contributed by atoms with E-state index in [1.54, 1.807) is 18.4 Å². The molecule has 0 N–H and O–H groups in total. The molecule has 3 aromatic rings. The number of hydrogen-bond acceptors (Lipinski definition) is 6. The number of tetrazole rings is 1. The lowest BCUT2D eigenvalue weighted by Crippen LogP contribution is -2.38. The minimum Gasteiger partial charge on any atom is -0.383 e. The highest BCUT2D eigenvalue weighted by Crippen LogP contribution is 2.34. The zero-order valence-corrected chi connectivity index (χ0v) is 17.1. The van der Waals surface area contributed by atoms with Gasteiger partial charge >= 0.3 is 0 Å². The van der Waals surface area contributed by atoms with Crippen molar-refractivity contribution in [2.45, 2.75) is 31.8 Å². The lowest BCUT2D eigenvalue weighted by Gasteiger charge is -2.36. The van der Waals surface area contributed by atoms with E-state index in [1.165, 1.54) is 29.7 Å². The molecule has 1 aromatic carbocycles. The van der Waals surface area contributed by atoms with Crippen LogP contribution in [0, 0.1) is 5.92 Å². The first-order valence-corrected chi connectivity index (χ1v) is 10.8. The minimum absolute atomic E-state index is 0.115. The number of methoxy groups -OCH3 is 1. The molecule has 0 saturated carbocycles. The molecular formula is C21H27N5OS. The number of rotatable bonds is 8. The van der Waals surface area contributed by atoms with Crippen LogP contribution in [0.5, 0.6) is 0 Å². The Morgan fingerprint density at radius 2 is 1.96 bits per heavy atom. The molecule has 148 valence electrons. The highest BCUT2D eigenvalue weighted by Gasteiger charge is 2.31. The molecule has 1 aliphatic rings. The summed E-state index contributed by atoms with van der Waals surface area (Å²) in [5.74, 6) is 1.66. The molecule has 0 amide bonds. The molecule has 0 bridgehead atoms. The maximum atomic E-state index is 5.23. The van der Waals surface area contributed by atoms with Gasteiger partial charge in [0.15, 0.2) is 5.82 Å². The van der Waals surface area contributed by atoms with Crippen molar-refractivity contribution in [1.82, 2.24) is 25.1 Å². The first-order chi connectivity index (χ1) is 13.8. The van der Waals surface area contributed by atoms with E-state index < -0.39 is 0 Å². The molecule has 6 nitrogen and oxygen atoms in total. The Labute approximate surface area is 170 Å². The minimum atomic E-state index is 0.115. The van der Waals surface area contributed by atoms with Crippen molar-refractivity contribution in [3.63, 3.8) is 0 Å². The SMILES string of the molecule is COCCn1nnnc1C(c1cccs1)N1CCC(Cc2ccccc2)CC1. The van der Waals surface area contributed by atoms with Gasteiger partial charge in [-0.3, -0.25) is 4.90 Å². The fraction of sp³-hybridized carbons (Fsp3) is 0.476. The molecule has 1 fully saturated rings. The highest BCUT2D eigenvalue weighted by molar-refractivity contribution is 7.10. The second-order valence-electron chi connectivity index (χ2n) is 7.34. The molecule has 0 aliphatic carbocycles. The Bertz CT molecular complexity index is 828. The zero-order chi connectivity index (χ0) is 19.2. The van der Waals surface area contributed by atoms with Crippen LogP contribution in [0.4, 0.5) is 0 Å². The monoisotopic (exact) mass is 397 g/mol. The van der Waals surface area contributed by atoms with Gasteiger partial charge in [0.25, 0.3) is 0 Å². The Kier molecular flexibility index (Phi) is 6.46. The number of benzene rings is 1. The van der Waals surface area contributed by atoms with E-state index in [2.05, 4.69) is 68.3 Å². The standard InChI is InChI=1S/C21H27N5OS/c1-27-14-13-26-21(22-23-24-26)20(19-8-5-15-28-19)25-11-9-18(10-12-25)16-17-6-3-2-4-7-17/h2-8,15,18,20H,9-14,16H2,1H3. The van der Waals surface area contributed by atoms with E-state index in [-0.39, 0.29) is 6.04 Å². The Hall–Kier alpha value is -2.09. The summed E-state index contributed by atoms with van der Waals surface area (Å²) < 4.78 is 7.12. The van der Waals surface area contributed by atoms with Crippen molar-refractivity contribution in [3.8, 4) is 0 Å². The van der Waals surface area contributed by atoms with E-state index in [4.69, 9.17) is 4.74 Å². The van der Waals surface area contributed by atoms with Crippen molar-refractivity contribution in [3.05, 3.63) is 64.1 Å². The van der Waals surface area contributed by atoms with Crippen molar-refractivity contribution in [2.75, 3.05) is 26.8 Å². The van der Waals surface area contributed by atoms with Gasteiger partial charge in [0.2, 0.25) is 0 Å². The molecule has 28 heavy (non-hydrogen) atoms. The van der Waals surface area contributed by atoms with Crippen LogP contribution < -0.4 is 0 Å². The van der Waals surface area contributed by atoms with Gasteiger partial charge in [-0.2, -0.15) is 0 Å². The summed E-state index contributed by atoms with van der Waals surface area (Å²) in [7, 11) is 1.71. The molecule has 1 aliphatic heterocycles. The number of hydrogen-bond donors (Lipinski definition) is 0. The smallest absolute Gasteiger partial charge is 0.173 e. The van der Waals surface area contributed by atoms with Crippen LogP contribution in [0.3, 0.4) is 0 Å². The second-order valence-corrected chi connectivity index (χ2v) is 8.32. The lowest BCUT2D eigenvalue weighted by atomic mass is 9.89. The number of aromatic nitrogens is 4. The van der Waals surface area contributed by atoms with Gasteiger partial charge in [0.1, 0.15) is 6.04 Å². The first-order valence-electron chi connectivity index (χ1n) is 9.91. The summed E-state index contributed by atoms with van der Waals surface area (Å²) in [5, 5.41) is 14.7. The summed E-state index contributed by atoms with van der Waals surface area (Å²) in [4.78, 5) is 3.84. The van der Waals surface area contributed by atoms with Crippen LogP contribution in [-0.2, 0) is 17.7 Å². The maximum absolute atomic E-state index is 5.23. The molecule has 3 heterocycles. The summed E-state index contributed by atoms with van der Waals surface area (Å²) in [6, 6.07) is 15.3. The van der Waals surface area contributed by atoms with Gasteiger partial charge in [0, 0.05) is 12.0 Å². The van der Waals surface area contributed by atoms with Crippen LogP contribution in [0.15, 0.2) is 47.8 Å². The van der Waals surface area contributed by atoms with Crippen LogP contribution in [0.25, 0.3) is 0 Å². The number of thiophene rings is 1. The molecule has 7 heteroatoms. The lowest BCUT2D eigenvalue weighted by molar-refractivity contribution is 0.141. The third kappa shape index (κ3) is 4.48. The number of nitrogens with zero attached hydrogens (tertiary/aromatic N) is 5. The van der Waals surface area contributed by atoms with Crippen LogP contribution in [0.2, 0.25) is 0 Å². The first kappa shape index (κ1) is 19.2. The Morgan fingerprint density at radius 1 is 1.14 bits per heavy atom. The summed E-state index contributed by atoms with van der Waals surface area (Å²) in [5.41, 5.74) is 1.44. The van der Waals surface area contributed by atoms with Gasteiger partial charge in [-0.25, -0.2) is 4.68 Å². The summed E-state index contributed by atoms with van der Waals surface area (Å²) >= 11 is 1.78. The second kappa shape index (κ2) is 9.41. The topological polar surface area (TPSA) is 56.1 Å². The van der Waals surface area contributed by atoms with E-state index in [0.29, 0.717) is 13.2 Å². The molecule has 1 atom stereocenters. The average molecular weight is 398 g/mol. The highest BCUT2D eigenvalue weighted by atomic mass is 32.1. The van der Waals surface area contributed by atoms with Crippen LogP contribution in [-0.4, -0.2) is 51.9 Å². The van der Waals surface area contributed by atoms with Crippen molar-refractivity contribution >= 4 is 11.3 Å². The number of likely N-dealkylation sites (tertiary alicyclic amines) is 1. The van der Waals surface area contributed by atoms with Crippen LogP contribution >= 0.6 is 11.3 Å². The Balaban J connectivity index is 1.47. The van der Waals surface area contributed by atoms with E-state index >= 15 is 0 Å². The summed E-state index contributed by atoms with van der Waals surface area (Å²) in [6.07, 6.45) is 3.58. The predicted octanol–water partition coefficient (Wildman–Crippen LogP) is 3.43. The van der Waals surface area contributed by atoms with Crippen molar-refractivity contribution in [1.29, 1.82) is 0 Å². The third-order valence-electron chi connectivity index (χ3n) is 5.51. The van der Waals surface area contributed by atoms with E-state index in [1.807, 2.05) is 4.68 Å². The molecule has 1 unspecified atom stereocenters. The van der Waals surface area contributed by atoms with Crippen molar-refractivity contribution < 1.29 is 4.74 Å². The number of ether oxygens (including phenoxy) is 1. The van der Waals surface area contributed by atoms with Crippen molar-refractivity contribution in [2.24, 2.45) is 5.92 Å². The van der Waals surface area contributed by atoms with Crippen LogP contribution in [0.1, 0.15) is 35.1 Å².